The number of halogens is 3. The largest absolute Gasteiger partial charge is 0.508 e. The molecule has 1 aromatic rings. The minimum absolute atomic E-state index is 0.0155. The predicted molar refractivity (Wildman–Crippen MR) is 69.3 cm³/mol. The number of alkyl halides is 3. The van der Waals surface area contributed by atoms with Gasteiger partial charge in [-0.15, -0.1) is 0 Å². The third kappa shape index (κ3) is 3.87. The van der Waals surface area contributed by atoms with Gasteiger partial charge in [0.25, 0.3) is 0 Å². The highest BCUT2D eigenvalue weighted by molar-refractivity contribution is 6.00. The maximum atomic E-state index is 12.5. The summed E-state index contributed by atoms with van der Waals surface area (Å²) >= 11 is 0. The highest BCUT2D eigenvalue weighted by atomic mass is 19.4. The van der Waals surface area contributed by atoms with Gasteiger partial charge in [-0.1, -0.05) is 0 Å². The molecule has 0 amide bonds. The number of carbonyl (C=O) groups is 1. The molecular weight excluding hydrogens is 287 g/mol. The lowest BCUT2D eigenvalue weighted by molar-refractivity contribution is -0.184. The Kier molecular flexibility index (Phi) is 4.41. The number of piperidine rings is 1. The van der Waals surface area contributed by atoms with Crippen molar-refractivity contribution in [1.82, 2.24) is 4.90 Å². The molecule has 0 aliphatic carbocycles. The molecule has 1 heterocycles. The van der Waals surface area contributed by atoms with Crippen molar-refractivity contribution in [3.05, 3.63) is 23.8 Å². The van der Waals surface area contributed by atoms with E-state index in [2.05, 4.69) is 0 Å². The lowest BCUT2D eigenvalue weighted by atomic mass is 9.96. The topological polar surface area (TPSA) is 60.8 Å². The molecule has 1 aromatic carbocycles. The molecule has 2 N–H and O–H groups in total. The van der Waals surface area contributed by atoms with Crippen molar-refractivity contribution < 1.29 is 28.2 Å². The zero-order valence-electron chi connectivity index (χ0n) is 11.2. The van der Waals surface area contributed by atoms with E-state index in [0.29, 0.717) is 0 Å². The van der Waals surface area contributed by atoms with E-state index in [1.165, 1.54) is 12.1 Å². The quantitative estimate of drug-likeness (QED) is 0.843. The minimum atomic E-state index is -4.18. The molecule has 0 unspecified atom stereocenters. The summed E-state index contributed by atoms with van der Waals surface area (Å²) in [5.74, 6) is -2.16. The fourth-order valence-electron chi connectivity index (χ4n) is 2.46. The highest BCUT2D eigenvalue weighted by Crippen LogP contribution is 2.34. The molecule has 1 saturated heterocycles. The average molecular weight is 303 g/mol. The Hall–Kier alpha value is -1.76. The van der Waals surface area contributed by atoms with Gasteiger partial charge in [-0.3, -0.25) is 9.69 Å². The van der Waals surface area contributed by atoms with E-state index < -0.39 is 12.1 Å². The van der Waals surface area contributed by atoms with Crippen LogP contribution in [0.1, 0.15) is 23.2 Å². The van der Waals surface area contributed by atoms with E-state index in [1.54, 1.807) is 4.90 Å². The van der Waals surface area contributed by atoms with Crippen LogP contribution < -0.4 is 0 Å². The van der Waals surface area contributed by atoms with Gasteiger partial charge in [-0.2, -0.15) is 13.2 Å². The first kappa shape index (κ1) is 15.6. The van der Waals surface area contributed by atoms with Crippen LogP contribution in [0.4, 0.5) is 13.2 Å². The van der Waals surface area contributed by atoms with Gasteiger partial charge in [0.2, 0.25) is 0 Å². The summed E-state index contributed by atoms with van der Waals surface area (Å²) in [5.41, 5.74) is 0.0609. The molecule has 7 heteroatoms. The molecule has 1 aliphatic heterocycles. The molecule has 1 aliphatic rings. The molecule has 4 nitrogen and oxygen atoms in total. The second-order valence-electron chi connectivity index (χ2n) is 5.22. The van der Waals surface area contributed by atoms with Gasteiger partial charge in [0.05, 0.1) is 18.0 Å². The summed E-state index contributed by atoms with van der Waals surface area (Å²) in [6.45, 7) is 0.367. The SMILES string of the molecule is O=C(CN1CCC(C(F)(F)F)CC1)c1ccc(O)cc1O. The van der Waals surface area contributed by atoms with E-state index in [9.17, 15) is 23.1 Å². The first-order valence-electron chi connectivity index (χ1n) is 6.61. The normalized spacial score (nSPS) is 17.9. The van der Waals surface area contributed by atoms with Crippen LogP contribution in [0.5, 0.6) is 11.5 Å². The number of ketones is 1. The van der Waals surface area contributed by atoms with Crippen LogP contribution in [0, 0.1) is 5.92 Å². The molecule has 0 saturated carbocycles. The molecule has 0 atom stereocenters. The third-order valence-electron chi connectivity index (χ3n) is 3.70. The molecule has 2 rings (SSSR count). The monoisotopic (exact) mass is 303 g/mol. The molecule has 21 heavy (non-hydrogen) atoms. The summed E-state index contributed by atoms with van der Waals surface area (Å²) < 4.78 is 37.6. The van der Waals surface area contributed by atoms with Crippen LogP contribution in [0.2, 0.25) is 0 Å². The third-order valence-corrected chi connectivity index (χ3v) is 3.70. The number of rotatable bonds is 3. The maximum absolute atomic E-state index is 12.5. The van der Waals surface area contributed by atoms with Crippen LogP contribution in [-0.4, -0.2) is 46.7 Å². The van der Waals surface area contributed by atoms with Crippen molar-refractivity contribution >= 4 is 5.78 Å². The predicted octanol–water partition coefficient (Wildman–Crippen LogP) is 2.55. The van der Waals surface area contributed by atoms with Crippen LogP contribution in [-0.2, 0) is 0 Å². The number of likely N-dealkylation sites (tertiary alicyclic amines) is 1. The van der Waals surface area contributed by atoms with E-state index in [0.717, 1.165) is 6.07 Å². The summed E-state index contributed by atoms with van der Waals surface area (Å²) in [6.07, 6.45) is -4.21. The number of benzene rings is 1. The van der Waals surface area contributed by atoms with Crippen molar-refractivity contribution in [3.63, 3.8) is 0 Å². The molecule has 116 valence electrons. The summed E-state index contributed by atoms with van der Waals surface area (Å²) in [7, 11) is 0. The lowest BCUT2D eigenvalue weighted by Gasteiger charge is -2.32. The van der Waals surface area contributed by atoms with E-state index in [4.69, 9.17) is 5.11 Å². The van der Waals surface area contributed by atoms with Gasteiger partial charge >= 0.3 is 6.18 Å². The Balaban J connectivity index is 1.93. The Morgan fingerprint density at radius 2 is 1.86 bits per heavy atom. The number of phenols is 2. The van der Waals surface area contributed by atoms with E-state index in [-0.39, 0.29) is 55.3 Å². The van der Waals surface area contributed by atoms with Crippen molar-refractivity contribution in [3.8, 4) is 11.5 Å². The Morgan fingerprint density at radius 3 is 2.38 bits per heavy atom. The van der Waals surface area contributed by atoms with Gasteiger partial charge in [0.1, 0.15) is 11.5 Å². The lowest BCUT2D eigenvalue weighted by Crippen LogP contribution is -2.41. The molecule has 0 radical (unpaired) electrons. The molecule has 0 spiro atoms. The van der Waals surface area contributed by atoms with Gasteiger partial charge in [0, 0.05) is 6.07 Å². The first-order valence-corrected chi connectivity index (χ1v) is 6.61. The smallest absolute Gasteiger partial charge is 0.391 e. The van der Waals surface area contributed by atoms with Gasteiger partial charge in [-0.05, 0) is 38.1 Å². The number of aromatic hydroxyl groups is 2. The zero-order valence-corrected chi connectivity index (χ0v) is 11.2. The van der Waals surface area contributed by atoms with Gasteiger partial charge in [0.15, 0.2) is 5.78 Å². The molecule has 1 fully saturated rings. The van der Waals surface area contributed by atoms with Gasteiger partial charge in [-0.25, -0.2) is 0 Å². The zero-order chi connectivity index (χ0) is 15.6. The number of hydrogen-bond acceptors (Lipinski definition) is 4. The van der Waals surface area contributed by atoms with Crippen molar-refractivity contribution in [2.75, 3.05) is 19.6 Å². The molecule has 0 bridgehead atoms. The van der Waals surface area contributed by atoms with Crippen molar-refractivity contribution in [2.24, 2.45) is 5.92 Å². The molecule has 0 aromatic heterocycles. The molecular formula is C14H16F3NO3. The summed E-state index contributed by atoms with van der Waals surface area (Å²) in [6, 6.07) is 3.64. The number of phenolic OH excluding ortho intramolecular Hbond substituents is 2. The van der Waals surface area contributed by atoms with Crippen molar-refractivity contribution in [2.45, 2.75) is 19.0 Å². The van der Waals surface area contributed by atoms with E-state index in [1.807, 2.05) is 0 Å². The number of nitrogens with zero attached hydrogens (tertiary/aromatic N) is 1. The van der Waals surface area contributed by atoms with E-state index >= 15 is 0 Å². The minimum Gasteiger partial charge on any atom is -0.508 e. The highest BCUT2D eigenvalue weighted by Gasteiger charge is 2.41. The van der Waals surface area contributed by atoms with Crippen LogP contribution >= 0.6 is 0 Å². The van der Waals surface area contributed by atoms with Gasteiger partial charge < -0.3 is 10.2 Å². The average Bonchev–Trinajstić information content (AvgIpc) is 2.38. The van der Waals surface area contributed by atoms with Crippen LogP contribution in [0.15, 0.2) is 18.2 Å². The number of Topliss-reactive ketones (excluding diaryl/α,β-unsaturated/α-hetero) is 1. The Morgan fingerprint density at radius 1 is 1.24 bits per heavy atom. The Bertz CT molecular complexity index is 523. The number of carbonyl (C=O) groups excluding carboxylic acids is 1. The van der Waals surface area contributed by atoms with Crippen LogP contribution in [0.3, 0.4) is 0 Å². The standard InChI is InChI=1S/C14H16F3NO3/c15-14(16,17)9-3-5-18(6-4-9)8-13(21)11-2-1-10(19)7-12(11)20/h1-2,7,9,19-20H,3-6,8H2. The number of hydrogen-bond donors (Lipinski definition) is 2. The summed E-state index contributed by atoms with van der Waals surface area (Å²) in [5, 5.41) is 18.7. The fourth-order valence-corrected chi connectivity index (χ4v) is 2.46. The summed E-state index contributed by atoms with van der Waals surface area (Å²) in [4.78, 5) is 13.7. The van der Waals surface area contributed by atoms with Crippen molar-refractivity contribution in [1.29, 1.82) is 0 Å². The Labute approximate surface area is 119 Å². The first-order chi connectivity index (χ1) is 9.77. The van der Waals surface area contributed by atoms with Crippen LogP contribution in [0.25, 0.3) is 0 Å². The maximum Gasteiger partial charge on any atom is 0.391 e. The second-order valence-corrected chi connectivity index (χ2v) is 5.22. The second kappa shape index (κ2) is 5.93. The fraction of sp³-hybridized carbons (Fsp3) is 0.500.